The third-order valence-corrected chi connectivity index (χ3v) is 4.74. The first-order valence-electron chi connectivity index (χ1n) is 7.75. The van der Waals surface area contributed by atoms with Gasteiger partial charge in [0, 0.05) is 31.9 Å². The van der Waals surface area contributed by atoms with Crippen molar-refractivity contribution in [3.8, 4) is 0 Å². The van der Waals surface area contributed by atoms with Crippen LogP contribution in [0.15, 0.2) is 48.5 Å². The third kappa shape index (κ3) is 3.95. The van der Waals surface area contributed by atoms with Crippen molar-refractivity contribution in [2.45, 2.75) is 6.92 Å². The molecule has 0 bridgehead atoms. The van der Waals surface area contributed by atoms with E-state index in [2.05, 4.69) is 52.4 Å². The van der Waals surface area contributed by atoms with Crippen molar-refractivity contribution in [3.63, 3.8) is 0 Å². The average Bonchev–Trinajstić information content (AvgIpc) is 2.57. The van der Waals surface area contributed by atoms with Crippen LogP contribution in [0.25, 0.3) is 0 Å². The highest BCUT2D eigenvalue weighted by Crippen LogP contribution is 2.26. The Labute approximate surface area is 147 Å². The molecule has 120 valence electrons. The molecule has 5 heteroatoms. The summed E-state index contributed by atoms with van der Waals surface area (Å²) in [6, 6.07) is 16.3. The SMILES string of the molecule is Cc1ccc(NC(=S)N2CCN(c3ccccc3Cl)CC2)cc1. The highest BCUT2D eigenvalue weighted by Gasteiger charge is 2.20. The Morgan fingerprint density at radius 2 is 1.65 bits per heavy atom. The molecule has 23 heavy (non-hydrogen) atoms. The standard InChI is InChI=1S/C18H20ClN3S/c1-14-6-8-15(9-7-14)20-18(23)22-12-10-21(11-13-22)17-5-3-2-4-16(17)19/h2-9H,10-13H2,1H3,(H,20,23). The number of aryl methyl sites for hydroxylation is 1. The van der Waals surface area contributed by atoms with E-state index in [-0.39, 0.29) is 0 Å². The Kier molecular flexibility index (Phi) is 5.03. The lowest BCUT2D eigenvalue weighted by Gasteiger charge is -2.37. The maximum atomic E-state index is 6.28. The molecule has 0 amide bonds. The van der Waals surface area contributed by atoms with Crippen LogP contribution in [-0.4, -0.2) is 36.2 Å². The number of hydrogen-bond acceptors (Lipinski definition) is 2. The van der Waals surface area contributed by atoms with Gasteiger partial charge in [0.1, 0.15) is 0 Å². The zero-order valence-electron chi connectivity index (χ0n) is 13.1. The Morgan fingerprint density at radius 1 is 1.00 bits per heavy atom. The molecule has 2 aromatic carbocycles. The Bertz CT molecular complexity index is 679. The van der Waals surface area contributed by atoms with Crippen LogP contribution in [0.4, 0.5) is 11.4 Å². The van der Waals surface area contributed by atoms with Gasteiger partial charge in [-0.1, -0.05) is 41.4 Å². The van der Waals surface area contributed by atoms with Crippen molar-refractivity contribution < 1.29 is 0 Å². The zero-order valence-corrected chi connectivity index (χ0v) is 14.7. The lowest BCUT2D eigenvalue weighted by Crippen LogP contribution is -2.50. The molecule has 0 radical (unpaired) electrons. The molecule has 1 saturated heterocycles. The normalized spacial score (nSPS) is 14.7. The van der Waals surface area contributed by atoms with E-state index in [4.69, 9.17) is 23.8 Å². The lowest BCUT2D eigenvalue weighted by molar-refractivity contribution is 0.391. The number of thiocarbonyl (C=S) groups is 1. The van der Waals surface area contributed by atoms with Crippen molar-refractivity contribution in [2.75, 3.05) is 36.4 Å². The van der Waals surface area contributed by atoms with Crippen LogP contribution in [0, 0.1) is 6.92 Å². The maximum Gasteiger partial charge on any atom is 0.173 e. The minimum atomic E-state index is 0.785. The number of halogens is 1. The number of hydrogen-bond donors (Lipinski definition) is 1. The van der Waals surface area contributed by atoms with Crippen molar-refractivity contribution in [1.82, 2.24) is 4.90 Å². The molecule has 1 heterocycles. The van der Waals surface area contributed by atoms with Crippen LogP contribution in [0.2, 0.25) is 5.02 Å². The Balaban J connectivity index is 1.57. The number of anilines is 2. The smallest absolute Gasteiger partial charge is 0.173 e. The van der Waals surface area contributed by atoms with E-state index >= 15 is 0 Å². The molecule has 0 aliphatic carbocycles. The summed E-state index contributed by atoms with van der Waals surface area (Å²) in [5.74, 6) is 0. The topological polar surface area (TPSA) is 18.5 Å². The van der Waals surface area contributed by atoms with E-state index in [0.717, 1.165) is 47.7 Å². The molecular formula is C18H20ClN3S. The van der Waals surface area contributed by atoms with E-state index in [1.165, 1.54) is 5.56 Å². The van der Waals surface area contributed by atoms with E-state index in [1.54, 1.807) is 0 Å². The molecule has 0 aromatic heterocycles. The minimum absolute atomic E-state index is 0.785. The number of piperazine rings is 1. The van der Waals surface area contributed by atoms with Gasteiger partial charge in [-0.2, -0.15) is 0 Å². The molecule has 0 atom stereocenters. The minimum Gasteiger partial charge on any atom is -0.367 e. The predicted molar refractivity (Wildman–Crippen MR) is 103 cm³/mol. The fourth-order valence-electron chi connectivity index (χ4n) is 2.70. The number of nitrogens with one attached hydrogen (secondary N) is 1. The van der Waals surface area contributed by atoms with E-state index in [1.807, 2.05) is 18.2 Å². The van der Waals surface area contributed by atoms with Crippen molar-refractivity contribution in [1.29, 1.82) is 0 Å². The first-order chi connectivity index (χ1) is 11.1. The van der Waals surface area contributed by atoms with Gasteiger partial charge < -0.3 is 15.1 Å². The fraction of sp³-hybridized carbons (Fsp3) is 0.278. The fourth-order valence-corrected chi connectivity index (χ4v) is 3.25. The molecule has 1 aliphatic rings. The first-order valence-corrected chi connectivity index (χ1v) is 8.54. The Morgan fingerprint density at radius 3 is 2.30 bits per heavy atom. The van der Waals surface area contributed by atoms with Gasteiger partial charge in [0.25, 0.3) is 0 Å². The molecule has 0 unspecified atom stereocenters. The Hall–Kier alpha value is -1.78. The maximum absolute atomic E-state index is 6.28. The van der Waals surface area contributed by atoms with Gasteiger partial charge in [0.15, 0.2) is 5.11 Å². The molecule has 3 rings (SSSR count). The molecular weight excluding hydrogens is 326 g/mol. The molecule has 1 aliphatic heterocycles. The summed E-state index contributed by atoms with van der Waals surface area (Å²) in [6.45, 7) is 5.70. The van der Waals surface area contributed by atoms with Crippen LogP contribution >= 0.6 is 23.8 Å². The summed E-state index contributed by atoms with van der Waals surface area (Å²) in [4.78, 5) is 4.52. The van der Waals surface area contributed by atoms with Crippen molar-refractivity contribution in [2.24, 2.45) is 0 Å². The summed E-state index contributed by atoms with van der Waals surface area (Å²) in [5, 5.41) is 4.91. The second kappa shape index (κ2) is 7.20. The predicted octanol–water partition coefficient (Wildman–Crippen LogP) is 4.17. The zero-order chi connectivity index (χ0) is 16.2. The van der Waals surface area contributed by atoms with E-state index in [0.29, 0.717) is 0 Å². The second-order valence-corrected chi connectivity index (χ2v) is 6.52. The van der Waals surface area contributed by atoms with Crippen molar-refractivity contribution >= 4 is 40.3 Å². The number of para-hydroxylation sites is 1. The van der Waals surface area contributed by atoms with Gasteiger partial charge in [0.2, 0.25) is 0 Å². The van der Waals surface area contributed by atoms with Gasteiger partial charge >= 0.3 is 0 Å². The number of benzene rings is 2. The second-order valence-electron chi connectivity index (χ2n) is 5.72. The van der Waals surface area contributed by atoms with Crippen LogP contribution in [0.5, 0.6) is 0 Å². The van der Waals surface area contributed by atoms with Crippen LogP contribution in [0.3, 0.4) is 0 Å². The highest BCUT2D eigenvalue weighted by atomic mass is 35.5. The monoisotopic (exact) mass is 345 g/mol. The van der Waals surface area contributed by atoms with Gasteiger partial charge in [-0.25, -0.2) is 0 Å². The van der Waals surface area contributed by atoms with Crippen LogP contribution in [0.1, 0.15) is 5.56 Å². The van der Waals surface area contributed by atoms with E-state index < -0.39 is 0 Å². The van der Waals surface area contributed by atoms with Gasteiger partial charge in [-0.15, -0.1) is 0 Å². The largest absolute Gasteiger partial charge is 0.367 e. The summed E-state index contributed by atoms with van der Waals surface area (Å²) in [6.07, 6.45) is 0. The van der Waals surface area contributed by atoms with E-state index in [9.17, 15) is 0 Å². The van der Waals surface area contributed by atoms with Gasteiger partial charge in [0.05, 0.1) is 10.7 Å². The number of rotatable bonds is 2. The molecule has 0 saturated carbocycles. The summed E-state index contributed by atoms with van der Waals surface area (Å²) in [5.41, 5.74) is 3.38. The molecule has 1 fully saturated rings. The van der Waals surface area contributed by atoms with Gasteiger partial charge in [-0.05, 0) is 43.4 Å². The average molecular weight is 346 g/mol. The quantitative estimate of drug-likeness (QED) is 0.823. The van der Waals surface area contributed by atoms with Crippen LogP contribution in [-0.2, 0) is 0 Å². The van der Waals surface area contributed by atoms with Gasteiger partial charge in [-0.3, -0.25) is 0 Å². The highest BCUT2D eigenvalue weighted by molar-refractivity contribution is 7.80. The number of nitrogens with zero attached hydrogens (tertiary/aromatic N) is 2. The summed E-state index contributed by atoms with van der Waals surface area (Å²) in [7, 11) is 0. The summed E-state index contributed by atoms with van der Waals surface area (Å²) >= 11 is 11.8. The third-order valence-electron chi connectivity index (χ3n) is 4.06. The molecule has 1 N–H and O–H groups in total. The summed E-state index contributed by atoms with van der Waals surface area (Å²) < 4.78 is 0. The van der Waals surface area contributed by atoms with Crippen molar-refractivity contribution in [3.05, 3.63) is 59.1 Å². The van der Waals surface area contributed by atoms with Crippen LogP contribution < -0.4 is 10.2 Å². The molecule has 0 spiro atoms. The molecule has 2 aromatic rings. The lowest BCUT2D eigenvalue weighted by atomic mass is 10.2. The molecule has 3 nitrogen and oxygen atoms in total. The first kappa shape index (κ1) is 16.1.